The fourth-order valence-corrected chi connectivity index (χ4v) is 4.37. The molecule has 4 nitrogen and oxygen atoms in total. The summed E-state index contributed by atoms with van der Waals surface area (Å²) in [5, 5.41) is 0. The first kappa shape index (κ1) is 15.5. The van der Waals surface area contributed by atoms with E-state index in [9.17, 15) is 8.42 Å². The molecule has 0 aromatic heterocycles. The number of nitrogens with two attached hydrogens (primary N) is 1. The summed E-state index contributed by atoms with van der Waals surface area (Å²) in [7, 11) is -3.44. The molecule has 0 heterocycles. The van der Waals surface area contributed by atoms with Gasteiger partial charge in [0.05, 0.1) is 4.90 Å². The van der Waals surface area contributed by atoms with Crippen LogP contribution in [0.25, 0.3) is 0 Å². The van der Waals surface area contributed by atoms with E-state index in [2.05, 4.69) is 11.6 Å². The van der Waals surface area contributed by atoms with Crippen LogP contribution < -0.4 is 10.5 Å². The smallest absolute Gasteiger partial charge is 0.240 e. The fraction of sp³-hybridized carbons (Fsp3) is 0.600. The average molecular weight is 296 g/mol. The molecule has 2 unspecified atom stereocenters. The zero-order valence-corrected chi connectivity index (χ0v) is 12.8. The van der Waals surface area contributed by atoms with Crippen molar-refractivity contribution in [3.63, 3.8) is 0 Å². The maximum atomic E-state index is 12.5. The Balaban J connectivity index is 2.17. The van der Waals surface area contributed by atoms with E-state index < -0.39 is 10.0 Å². The van der Waals surface area contributed by atoms with E-state index in [1.165, 1.54) is 6.42 Å². The Morgan fingerprint density at radius 2 is 2.05 bits per heavy atom. The molecular weight excluding hydrogens is 272 g/mol. The second kappa shape index (κ2) is 6.70. The minimum absolute atomic E-state index is 0.0697. The molecule has 0 spiro atoms. The molecule has 1 aliphatic rings. The summed E-state index contributed by atoms with van der Waals surface area (Å²) in [6.07, 6.45) is 5.39. The van der Waals surface area contributed by atoms with Gasteiger partial charge in [0.2, 0.25) is 10.0 Å². The first-order chi connectivity index (χ1) is 9.56. The summed E-state index contributed by atoms with van der Waals surface area (Å²) in [6.45, 7) is 2.48. The highest BCUT2D eigenvalue weighted by Gasteiger charge is 2.28. The number of hydrogen-bond donors (Lipinski definition) is 2. The van der Waals surface area contributed by atoms with Crippen LogP contribution in [0.3, 0.4) is 0 Å². The maximum Gasteiger partial charge on any atom is 0.240 e. The molecule has 20 heavy (non-hydrogen) atoms. The molecule has 1 aromatic rings. The van der Waals surface area contributed by atoms with Crippen LogP contribution in [0.5, 0.6) is 0 Å². The summed E-state index contributed by atoms with van der Waals surface area (Å²) >= 11 is 0. The van der Waals surface area contributed by atoms with Crippen molar-refractivity contribution in [1.29, 1.82) is 0 Å². The Labute approximate surface area is 121 Å². The Bertz CT molecular complexity index is 543. The Hall–Kier alpha value is -0.910. The molecule has 0 aliphatic heterocycles. The van der Waals surface area contributed by atoms with Gasteiger partial charge in [-0.05, 0) is 36.5 Å². The Kier molecular flexibility index (Phi) is 5.18. The Morgan fingerprint density at radius 1 is 1.30 bits per heavy atom. The van der Waals surface area contributed by atoms with E-state index in [-0.39, 0.29) is 6.04 Å². The standard InChI is InChI=1S/C15H24N2O2S/c1-2-13-7-3-4-9-15(13)17-20(18,19)14-8-5-6-12(10-14)11-16/h5-6,8,10,13,15,17H,2-4,7,9,11,16H2,1H3. The van der Waals surface area contributed by atoms with Gasteiger partial charge >= 0.3 is 0 Å². The van der Waals surface area contributed by atoms with Gasteiger partial charge in [-0.2, -0.15) is 0 Å². The molecule has 3 N–H and O–H groups in total. The number of hydrogen-bond acceptors (Lipinski definition) is 3. The van der Waals surface area contributed by atoms with Gasteiger partial charge in [-0.15, -0.1) is 0 Å². The quantitative estimate of drug-likeness (QED) is 0.876. The third-order valence-corrected chi connectivity index (χ3v) is 5.67. The normalized spacial score (nSPS) is 23.7. The molecule has 1 fully saturated rings. The predicted octanol–water partition coefficient (Wildman–Crippen LogP) is 2.39. The fourth-order valence-electron chi connectivity index (χ4n) is 2.96. The van der Waals surface area contributed by atoms with Gasteiger partial charge in [-0.3, -0.25) is 0 Å². The van der Waals surface area contributed by atoms with Gasteiger partial charge in [0, 0.05) is 12.6 Å². The summed E-state index contributed by atoms with van der Waals surface area (Å²) in [5.41, 5.74) is 6.41. The highest BCUT2D eigenvalue weighted by molar-refractivity contribution is 7.89. The lowest BCUT2D eigenvalue weighted by Crippen LogP contribution is -2.41. The molecule has 0 radical (unpaired) electrons. The van der Waals surface area contributed by atoms with E-state index in [1.807, 2.05) is 6.07 Å². The lowest BCUT2D eigenvalue weighted by Gasteiger charge is -2.31. The van der Waals surface area contributed by atoms with Crippen LogP contribution >= 0.6 is 0 Å². The van der Waals surface area contributed by atoms with Crippen LogP contribution in [-0.2, 0) is 16.6 Å². The van der Waals surface area contributed by atoms with Crippen molar-refractivity contribution >= 4 is 10.0 Å². The molecule has 0 bridgehead atoms. The van der Waals surface area contributed by atoms with Crippen LogP contribution in [0.15, 0.2) is 29.2 Å². The molecule has 1 aliphatic carbocycles. The molecule has 5 heteroatoms. The van der Waals surface area contributed by atoms with E-state index in [0.717, 1.165) is 31.2 Å². The van der Waals surface area contributed by atoms with Crippen LogP contribution in [-0.4, -0.2) is 14.5 Å². The van der Waals surface area contributed by atoms with Crippen LogP contribution in [0, 0.1) is 5.92 Å². The van der Waals surface area contributed by atoms with E-state index >= 15 is 0 Å². The van der Waals surface area contributed by atoms with Gasteiger partial charge in [0.15, 0.2) is 0 Å². The molecular formula is C15H24N2O2S. The zero-order chi connectivity index (χ0) is 14.6. The molecule has 1 aromatic carbocycles. The summed E-state index contributed by atoms with van der Waals surface area (Å²) in [6, 6.07) is 6.95. The molecule has 0 saturated heterocycles. The van der Waals surface area contributed by atoms with E-state index in [4.69, 9.17) is 5.73 Å². The topological polar surface area (TPSA) is 72.2 Å². The van der Waals surface area contributed by atoms with Gasteiger partial charge in [-0.25, -0.2) is 13.1 Å². The largest absolute Gasteiger partial charge is 0.326 e. The van der Waals surface area contributed by atoms with Crippen LogP contribution in [0.1, 0.15) is 44.6 Å². The molecule has 0 amide bonds. The molecule has 2 rings (SSSR count). The summed E-state index contributed by atoms with van der Waals surface area (Å²) in [5.74, 6) is 0.455. The van der Waals surface area contributed by atoms with Crippen molar-refractivity contribution in [3.05, 3.63) is 29.8 Å². The second-order valence-electron chi connectivity index (χ2n) is 5.53. The van der Waals surface area contributed by atoms with E-state index in [1.54, 1.807) is 18.2 Å². The van der Waals surface area contributed by atoms with E-state index in [0.29, 0.717) is 17.4 Å². The average Bonchev–Trinajstić information content (AvgIpc) is 2.47. The van der Waals surface area contributed by atoms with Crippen LogP contribution in [0.2, 0.25) is 0 Å². The first-order valence-electron chi connectivity index (χ1n) is 7.38. The maximum absolute atomic E-state index is 12.5. The third kappa shape index (κ3) is 3.59. The third-order valence-electron chi connectivity index (χ3n) is 4.18. The first-order valence-corrected chi connectivity index (χ1v) is 8.86. The van der Waals surface area contributed by atoms with Gasteiger partial charge in [0.25, 0.3) is 0 Å². The van der Waals surface area contributed by atoms with Crippen molar-refractivity contribution < 1.29 is 8.42 Å². The van der Waals surface area contributed by atoms with Crippen molar-refractivity contribution in [3.8, 4) is 0 Å². The monoisotopic (exact) mass is 296 g/mol. The number of sulfonamides is 1. The summed E-state index contributed by atoms with van der Waals surface area (Å²) in [4.78, 5) is 0.320. The van der Waals surface area contributed by atoms with Crippen molar-refractivity contribution in [2.45, 2.75) is 56.5 Å². The minimum atomic E-state index is -3.44. The molecule has 1 saturated carbocycles. The van der Waals surface area contributed by atoms with Crippen LogP contribution in [0.4, 0.5) is 0 Å². The predicted molar refractivity (Wildman–Crippen MR) is 80.7 cm³/mol. The minimum Gasteiger partial charge on any atom is -0.326 e. The molecule has 2 atom stereocenters. The van der Waals surface area contributed by atoms with Gasteiger partial charge in [0.1, 0.15) is 0 Å². The highest BCUT2D eigenvalue weighted by Crippen LogP contribution is 2.28. The summed E-state index contributed by atoms with van der Waals surface area (Å²) < 4.78 is 27.9. The number of benzene rings is 1. The number of nitrogens with one attached hydrogen (secondary N) is 1. The zero-order valence-electron chi connectivity index (χ0n) is 12.0. The Morgan fingerprint density at radius 3 is 2.75 bits per heavy atom. The lowest BCUT2D eigenvalue weighted by molar-refractivity contribution is 0.282. The SMILES string of the molecule is CCC1CCCCC1NS(=O)(=O)c1cccc(CN)c1. The van der Waals surface area contributed by atoms with Crippen molar-refractivity contribution in [1.82, 2.24) is 4.72 Å². The lowest BCUT2D eigenvalue weighted by atomic mass is 9.83. The van der Waals surface area contributed by atoms with Crippen molar-refractivity contribution in [2.75, 3.05) is 0 Å². The highest BCUT2D eigenvalue weighted by atomic mass is 32.2. The van der Waals surface area contributed by atoms with Crippen molar-refractivity contribution in [2.24, 2.45) is 11.7 Å². The van der Waals surface area contributed by atoms with Gasteiger partial charge < -0.3 is 5.73 Å². The van der Waals surface area contributed by atoms with Gasteiger partial charge in [-0.1, -0.05) is 38.3 Å². The number of rotatable bonds is 5. The second-order valence-corrected chi connectivity index (χ2v) is 7.25. The molecule has 112 valence electrons.